The molecule has 1 aromatic carbocycles. The van der Waals surface area contributed by atoms with Crippen LogP contribution in [-0.2, 0) is 9.53 Å². The first-order chi connectivity index (χ1) is 8.79. The highest BCUT2D eigenvalue weighted by Gasteiger charge is 2.03. The van der Waals surface area contributed by atoms with E-state index in [2.05, 4.69) is 11.1 Å². The average Bonchev–Trinajstić information content (AvgIpc) is 2.39. The maximum absolute atomic E-state index is 11.2. The highest BCUT2D eigenvalue weighted by atomic mass is 32.2. The minimum absolute atomic E-state index is 0.147. The van der Waals surface area contributed by atoms with Gasteiger partial charge in [0.25, 0.3) is 0 Å². The molecule has 0 fully saturated rings. The molecule has 1 aromatic heterocycles. The fraction of sp³-hybridized carbons (Fsp3) is 0.286. The normalized spacial score (nSPS) is 10.5. The van der Waals surface area contributed by atoms with Crippen molar-refractivity contribution in [2.75, 3.05) is 12.4 Å². The summed E-state index contributed by atoms with van der Waals surface area (Å²) in [6, 6.07) is 12.0. The van der Waals surface area contributed by atoms with Gasteiger partial charge in [-0.1, -0.05) is 24.3 Å². The summed E-state index contributed by atoms with van der Waals surface area (Å²) in [4.78, 5) is 15.7. The molecule has 2 aromatic rings. The summed E-state index contributed by atoms with van der Waals surface area (Å²) in [7, 11) is 0. The Hall–Kier alpha value is -1.55. The Bertz CT molecular complexity index is 542. The zero-order chi connectivity index (χ0) is 12.8. The van der Waals surface area contributed by atoms with Gasteiger partial charge in [0, 0.05) is 11.1 Å². The Kier molecular flexibility index (Phi) is 4.59. The van der Waals surface area contributed by atoms with Gasteiger partial charge in [-0.2, -0.15) is 0 Å². The third-order valence-corrected chi connectivity index (χ3v) is 3.37. The maximum atomic E-state index is 11.2. The smallest absolute Gasteiger partial charge is 0.306 e. The van der Waals surface area contributed by atoms with Crippen molar-refractivity contribution in [3.05, 3.63) is 36.4 Å². The van der Waals surface area contributed by atoms with Gasteiger partial charge < -0.3 is 4.74 Å². The molecule has 18 heavy (non-hydrogen) atoms. The monoisotopic (exact) mass is 261 g/mol. The summed E-state index contributed by atoms with van der Waals surface area (Å²) in [5.41, 5.74) is 0.985. The molecular formula is C14H15NO2S. The molecule has 1 heterocycles. The summed E-state index contributed by atoms with van der Waals surface area (Å²) >= 11 is 1.58. The number of hydrogen-bond donors (Lipinski definition) is 0. The van der Waals surface area contributed by atoms with Crippen LogP contribution in [0.3, 0.4) is 0 Å². The number of carbonyl (C=O) groups excluding carboxylic acids is 1. The lowest BCUT2D eigenvalue weighted by molar-refractivity contribution is -0.142. The van der Waals surface area contributed by atoms with Gasteiger partial charge in [0.05, 0.1) is 23.6 Å². The van der Waals surface area contributed by atoms with Crippen LogP contribution in [0, 0.1) is 0 Å². The Labute approximate surface area is 111 Å². The molecule has 0 bridgehead atoms. The molecule has 0 atom stereocenters. The molecule has 0 radical (unpaired) electrons. The van der Waals surface area contributed by atoms with Crippen molar-refractivity contribution in [3.63, 3.8) is 0 Å². The second-order valence-corrected chi connectivity index (χ2v) is 4.86. The van der Waals surface area contributed by atoms with Crippen LogP contribution in [0.2, 0.25) is 0 Å². The number of nitrogens with zero attached hydrogens (tertiary/aromatic N) is 1. The molecule has 94 valence electrons. The van der Waals surface area contributed by atoms with Gasteiger partial charge in [0.15, 0.2) is 0 Å². The molecule has 0 amide bonds. The first kappa shape index (κ1) is 12.9. The van der Waals surface area contributed by atoms with E-state index in [1.54, 1.807) is 11.8 Å². The standard InChI is InChI=1S/C14H15NO2S/c1-2-17-14(16)9-10-18-13-8-7-11-5-3-4-6-12(11)15-13/h3-8H,2,9-10H2,1H3. The first-order valence-electron chi connectivity index (χ1n) is 5.94. The number of esters is 1. The van der Waals surface area contributed by atoms with Crippen molar-refractivity contribution in [2.45, 2.75) is 18.4 Å². The van der Waals surface area contributed by atoms with Gasteiger partial charge >= 0.3 is 5.97 Å². The van der Waals surface area contributed by atoms with Gasteiger partial charge in [-0.05, 0) is 19.1 Å². The van der Waals surface area contributed by atoms with Crippen LogP contribution in [0.25, 0.3) is 10.9 Å². The minimum Gasteiger partial charge on any atom is -0.466 e. The fourth-order valence-corrected chi connectivity index (χ4v) is 2.40. The van der Waals surface area contributed by atoms with Gasteiger partial charge in [-0.25, -0.2) is 4.98 Å². The molecule has 0 aliphatic rings. The number of benzene rings is 1. The van der Waals surface area contributed by atoms with Gasteiger partial charge in [0.1, 0.15) is 0 Å². The summed E-state index contributed by atoms with van der Waals surface area (Å²) in [6.45, 7) is 2.26. The van der Waals surface area contributed by atoms with E-state index in [4.69, 9.17) is 4.74 Å². The summed E-state index contributed by atoms with van der Waals surface area (Å²) < 4.78 is 4.88. The Morgan fingerprint density at radius 1 is 1.28 bits per heavy atom. The SMILES string of the molecule is CCOC(=O)CCSc1ccc2ccccc2n1. The van der Waals surface area contributed by atoms with Crippen molar-refractivity contribution < 1.29 is 9.53 Å². The number of thioether (sulfide) groups is 1. The van der Waals surface area contributed by atoms with Crippen molar-refractivity contribution in [1.82, 2.24) is 4.98 Å². The number of fused-ring (bicyclic) bond motifs is 1. The Balaban J connectivity index is 1.93. The van der Waals surface area contributed by atoms with Gasteiger partial charge in [-0.15, -0.1) is 11.8 Å². The van der Waals surface area contributed by atoms with E-state index in [0.29, 0.717) is 18.8 Å². The van der Waals surface area contributed by atoms with Crippen molar-refractivity contribution in [1.29, 1.82) is 0 Å². The van der Waals surface area contributed by atoms with E-state index in [-0.39, 0.29) is 5.97 Å². The summed E-state index contributed by atoms with van der Waals surface area (Å²) in [6.07, 6.45) is 0.424. The zero-order valence-electron chi connectivity index (χ0n) is 10.3. The van der Waals surface area contributed by atoms with Crippen LogP contribution in [0.5, 0.6) is 0 Å². The molecule has 0 N–H and O–H groups in total. The van der Waals surface area contributed by atoms with Crippen LogP contribution in [0.4, 0.5) is 0 Å². The lowest BCUT2D eigenvalue weighted by Crippen LogP contribution is -2.04. The Morgan fingerprint density at radius 2 is 2.11 bits per heavy atom. The first-order valence-corrected chi connectivity index (χ1v) is 6.92. The van der Waals surface area contributed by atoms with Crippen molar-refractivity contribution in [2.24, 2.45) is 0 Å². The number of aromatic nitrogens is 1. The van der Waals surface area contributed by atoms with E-state index >= 15 is 0 Å². The number of carbonyl (C=O) groups is 1. The van der Waals surface area contributed by atoms with Gasteiger partial charge in [0.2, 0.25) is 0 Å². The second kappa shape index (κ2) is 6.40. The summed E-state index contributed by atoms with van der Waals surface area (Å²) in [5.74, 6) is 0.551. The van der Waals surface area contributed by atoms with Crippen LogP contribution in [0.15, 0.2) is 41.4 Å². The van der Waals surface area contributed by atoms with Crippen LogP contribution < -0.4 is 0 Å². The third-order valence-electron chi connectivity index (χ3n) is 2.43. The quantitative estimate of drug-likeness (QED) is 0.611. The topological polar surface area (TPSA) is 39.2 Å². The van der Waals surface area contributed by atoms with E-state index in [1.165, 1.54) is 0 Å². The number of hydrogen-bond acceptors (Lipinski definition) is 4. The van der Waals surface area contributed by atoms with E-state index in [9.17, 15) is 4.79 Å². The third kappa shape index (κ3) is 3.47. The maximum Gasteiger partial charge on any atom is 0.306 e. The molecule has 0 unspecified atom stereocenters. The molecule has 0 aliphatic heterocycles. The van der Waals surface area contributed by atoms with E-state index in [1.807, 2.05) is 37.3 Å². The van der Waals surface area contributed by atoms with Crippen molar-refractivity contribution >= 4 is 28.6 Å². The highest BCUT2D eigenvalue weighted by Crippen LogP contribution is 2.20. The summed E-state index contributed by atoms with van der Waals surface area (Å²) in [5, 5.41) is 2.07. The molecule has 0 saturated carbocycles. The Morgan fingerprint density at radius 3 is 2.94 bits per heavy atom. The fourth-order valence-electron chi connectivity index (χ4n) is 1.60. The molecular weight excluding hydrogens is 246 g/mol. The van der Waals surface area contributed by atoms with Crippen LogP contribution >= 0.6 is 11.8 Å². The van der Waals surface area contributed by atoms with Crippen LogP contribution in [0.1, 0.15) is 13.3 Å². The number of ether oxygens (including phenoxy) is 1. The number of pyridine rings is 1. The largest absolute Gasteiger partial charge is 0.466 e. The predicted molar refractivity (Wildman–Crippen MR) is 73.7 cm³/mol. The number of para-hydroxylation sites is 1. The lowest BCUT2D eigenvalue weighted by Gasteiger charge is -2.03. The number of rotatable bonds is 5. The highest BCUT2D eigenvalue weighted by molar-refractivity contribution is 7.99. The average molecular weight is 261 g/mol. The van der Waals surface area contributed by atoms with E-state index in [0.717, 1.165) is 15.9 Å². The van der Waals surface area contributed by atoms with Crippen molar-refractivity contribution in [3.8, 4) is 0 Å². The molecule has 2 rings (SSSR count). The van der Waals surface area contributed by atoms with E-state index < -0.39 is 0 Å². The minimum atomic E-state index is -0.147. The predicted octanol–water partition coefficient (Wildman–Crippen LogP) is 3.28. The molecule has 4 heteroatoms. The molecule has 0 spiro atoms. The molecule has 3 nitrogen and oxygen atoms in total. The second-order valence-electron chi connectivity index (χ2n) is 3.75. The molecule has 0 aliphatic carbocycles. The molecule has 0 saturated heterocycles. The zero-order valence-corrected chi connectivity index (χ0v) is 11.1. The lowest BCUT2D eigenvalue weighted by atomic mass is 10.2. The van der Waals surface area contributed by atoms with Crippen LogP contribution in [-0.4, -0.2) is 23.3 Å². The van der Waals surface area contributed by atoms with Gasteiger partial charge in [-0.3, -0.25) is 4.79 Å².